The molecule has 2 N–H and O–H groups in total. The summed E-state index contributed by atoms with van der Waals surface area (Å²) in [7, 11) is 0. The summed E-state index contributed by atoms with van der Waals surface area (Å²) >= 11 is 0. The average molecular weight is 425 g/mol. The maximum atomic E-state index is 10.8. The van der Waals surface area contributed by atoms with Crippen LogP contribution in [0.1, 0.15) is 79.1 Å². The van der Waals surface area contributed by atoms with Crippen molar-refractivity contribution < 1.29 is 47.1 Å². The fourth-order valence-corrected chi connectivity index (χ4v) is 3.90. The minimum absolute atomic E-state index is 0. The van der Waals surface area contributed by atoms with Gasteiger partial charge in [-0.25, -0.2) is 0 Å². The van der Waals surface area contributed by atoms with Gasteiger partial charge in [0, 0.05) is 27.3 Å². The maximum Gasteiger partial charge on any atom is 0.307 e. The van der Waals surface area contributed by atoms with Crippen LogP contribution < -0.4 is 0 Å². The van der Waals surface area contributed by atoms with Crippen LogP contribution in [0, 0.1) is 22.7 Å². The van der Waals surface area contributed by atoms with Crippen molar-refractivity contribution in [1.29, 1.82) is 0 Å². The van der Waals surface area contributed by atoms with E-state index in [1.54, 1.807) is 0 Å². The monoisotopic (exact) mass is 426 g/mol. The summed E-state index contributed by atoms with van der Waals surface area (Å²) in [4.78, 5) is 21.5. The molecule has 0 saturated heterocycles. The van der Waals surface area contributed by atoms with E-state index in [1.807, 2.05) is 0 Å². The van der Waals surface area contributed by atoms with Gasteiger partial charge in [0.15, 0.2) is 0 Å². The molecule has 2 saturated carbocycles. The molecular weight excluding hydrogens is 393 g/mol. The van der Waals surface area contributed by atoms with E-state index in [9.17, 15) is 9.59 Å². The second-order valence-electron chi connectivity index (χ2n) is 8.25. The summed E-state index contributed by atoms with van der Waals surface area (Å²) in [6.45, 7) is 8.24. The summed E-state index contributed by atoms with van der Waals surface area (Å²) in [5.41, 5.74) is 0.0359. The molecule has 0 aliphatic heterocycles. The molecular formula is C18H32CdO4. The van der Waals surface area contributed by atoms with Crippen LogP contribution in [0.5, 0.6) is 0 Å². The molecule has 0 spiro atoms. The van der Waals surface area contributed by atoms with Crippen LogP contribution in [0.3, 0.4) is 0 Å². The van der Waals surface area contributed by atoms with E-state index < -0.39 is 11.9 Å². The average Bonchev–Trinajstić information content (AvgIpc) is 2.37. The van der Waals surface area contributed by atoms with Gasteiger partial charge in [-0.1, -0.05) is 53.4 Å². The van der Waals surface area contributed by atoms with Gasteiger partial charge in [-0.15, -0.1) is 0 Å². The van der Waals surface area contributed by atoms with E-state index in [4.69, 9.17) is 10.2 Å². The van der Waals surface area contributed by atoms with Crippen molar-refractivity contribution in [2.45, 2.75) is 79.1 Å². The van der Waals surface area contributed by atoms with Crippen molar-refractivity contribution in [3.63, 3.8) is 0 Å². The summed E-state index contributed by atoms with van der Waals surface area (Å²) in [6.07, 6.45) is 8.40. The van der Waals surface area contributed by atoms with E-state index >= 15 is 0 Å². The number of carboxylic acids is 2. The van der Waals surface area contributed by atoms with E-state index in [2.05, 4.69) is 27.7 Å². The van der Waals surface area contributed by atoms with Gasteiger partial charge in [-0.3, -0.25) is 9.59 Å². The van der Waals surface area contributed by atoms with Crippen molar-refractivity contribution in [2.75, 3.05) is 0 Å². The normalized spacial score (nSPS) is 28.5. The van der Waals surface area contributed by atoms with Crippen molar-refractivity contribution >= 4 is 11.9 Å². The van der Waals surface area contributed by atoms with Gasteiger partial charge in [0.05, 0.1) is 11.8 Å². The largest absolute Gasteiger partial charge is 0.481 e. The zero-order valence-electron chi connectivity index (χ0n) is 15.2. The van der Waals surface area contributed by atoms with Gasteiger partial charge >= 0.3 is 11.9 Å². The summed E-state index contributed by atoms with van der Waals surface area (Å²) < 4.78 is 0. The molecule has 0 aromatic heterocycles. The van der Waals surface area contributed by atoms with Gasteiger partial charge < -0.3 is 10.2 Å². The van der Waals surface area contributed by atoms with Crippen LogP contribution in [0.15, 0.2) is 0 Å². The van der Waals surface area contributed by atoms with Gasteiger partial charge in [0.2, 0.25) is 0 Å². The number of hydrogen-bond donors (Lipinski definition) is 2. The SMILES string of the molecule is CC1(C)CCCCC1C(=O)O.CC1(C)CCCCC1C(=O)O.[Cd]. The molecule has 2 rings (SSSR count). The van der Waals surface area contributed by atoms with Gasteiger partial charge in [0.1, 0.15) is 0 Å². The Kier molecular flexibility index (Phi) is 9.32. The third-order valence-electron chi connectivity index (χ3n) is 5.61. The predicted molar refractivity (Wildman–Crippen MR) is 86.7 cm³/mol. The molecule has 0 radical (unpaired) electrons. The van der Waals surface area contributed by atoms with Crippen LogP contribution >= 0.6 is 0 Å². The van der Waals surface area contributed by atoms with Crippen LogP contribution in [0.2, 0.25) is 0 Å². The fourth-order valence-electron chi connectivity index (χ4n) is 3.90. The number of carboxylic acid groups (broad SMARTS) is 2. The molecule has 23 heavy (non-hydrogen) atoms. The Hall–Kier alpha value is -0.138. The van der Waals surface area contributed by atoms with Gasteiger partial charge in [0.25, 0.3) is 0 Å². The Morgan fingerprint density at radius 2 is 1.04 bits per heavy atom. The zero-order chi connectivity index (χ0) is 17.0. The molecule has 2 fully saturated rings. The Labute approximate surface area is 160 Å². The van der Waals surface area contributed by atoms with Crippen molar-refractivity contribution in [3.8, 4) is 0 Å². The second kappa shape index (κ2) is 9.37. The number of hydrogen-bond acceptors (Lipinski definition) is 2. The minimum Gasteiger partial charge on any atom is -0.481 e. The number of rotatable bonds is 2. The molecule has 2 aliphatic carbocycles. The molecule has 0 heterocycles. The van der Waals surface area contributed by atoms with E-state index in [0.717, 1.165) is 38.5 Å². The van der Waals surface area contributed by atoms with Crippen LogP contribution in [0.4, 0.5) is 0 Å². The summed E-state index contributed by atoms with van der Waals surface area (Å²) in [5, 5.41) is 17.7. The van der Waals surface area contributed by atoms with Crippen molar-refractivity contribution in [1.82, 2.24) is 0 Å². The molecule has 130 valence electrons. The second-order valence-corrected chi connectivity index (χ2v) is 8.25. The standard InChI is InChI=1S/2C9H16O2.Cd/c2*1-9(2)6-4-3-5-7(9)8(10)11;/h2*7H,3-6H2,1-2H3,(H,10,11);. The van der Waals surface area contributed by atoms with Gasteiger partial charge in [-0.05, 0) is 36.5 Å². The third kappa shape index (κ3) is 6.71. The zero-order valence-corrected chi connectivity index (χ0v) is 19.3. The fraction of sp³-hybridized carbons (Fsp3) is 0.889. The Morgan fingerprint density at radius 1 is 0.739 bits per heavy atom. The summed E-state index contributed by atoms with van der Waals surface area (Å²) in [6, 6.07) is 0. The molecule has 5 heteroatoms. The smallest absolute Gasteiger partial charge is 0.307 e. The molecule has 0 amide bonds. The molecule has 2 atom stereocenters. The quantitative estimate of drug-likeness (QED) is 0.637. The Bertz CT molecular complexity index is 366. The predicted octanol–water partition coefficient (Wildman–Crippen LogP) is 4.57. The first kappa shape index (κ1) is 22.9. The number of aliphatic carboxylic acids is 2. The van der Waals surface area contributed by atoms with Crippen LogP contribution in [-0.2, 0) is 36.9 Å². The first-order chi connectivity index (χ1) is 10.1. The Balaban J connectivity index is 0.000000403. The first-order valence-electron chi connectivity index (χ1n) is 8.53. The molecule has 2 aliphatic rings. The van der Waals surface area contributed by atoms with E-state index in [1.165, 1.54) is 12.8 Å². The molecule has 0 aromatic carbocycles. The number of carbonyl (C=O) groups is 2. The van der Waals surface area contributed by atoms with Gasteiger partial charge in [-0.2, -0.15) is 0 Å². The van der Waals surface area contributed by atoms with Crippen molar-refractivity contribution in [2.24, 2.45) is 22.7 Å². The molecule has 0 aromatic rings. The Morgan fingerprint density at radius 3 is 1.22 bits per heavy atom. The minimum atomic E-state index is -0.616. The topological polar surface area (TPSA) is 74.6 Å². The first-order valence-corrected chi connectivity index (χ1v) is 8.53. The van der Waals surface area contributed by atoms with Crippen molar-refractivity contribution in [3.05, 3.63) is 0 Å². The molecule has 4 nitrogen and oxygen atoms in total. The molecule has 0 bridgehead atoms. The van der Waals surface area contributed by atoms with Crippen LogP contribution in [0.25, 0.3) is 0 Å². The molecule has 2 unspecified atom stereocenters. The van der Waals surface area contributed by atoms with E-state index in [-0.39, 0.29) is 50.0 Å². The van der Waals surface area contributed by atoms with E-state index in [0.29, 0.717) is 0 Å². The maximum absolute atomic E-state index is 10.8. The van der Waals surface area contributed by atoms with Crippen LogP contribution in [-0.4, -0.2) is 22.2 Å². The summed E-state index contributed by atoms with van der Waals surface area (Å²) in [5.74, 6) is -1.46. The third-order valence-corrected chi connectivity index (χ3v) is 5.61.